The number of anilines is 1. The molecule has 150 valence electrons. The van der Waals surface area contributed by atoms with Gasteiger partial charge < -0.3 is 0 Å². The Bertz CT molecular complexity index is 1060. The van der Waals surface area contributed by atoms with Crippen LogP contribution in [0.5, 0.6) is 0 Å². The molecule has 1 unspecified atom stereocenters. The quantitative estimate of drug-likeness (QED) is 0.495. The summed E-state index contributed by atoms with van der Waals surface area (Å²) >= 11 is 9.87. The molecule has 5 heteroatoms. The summed E-state index contributed by atoms with van der Waals surface area (Å²) in [5.41, 5.74) is 4.10. The van der Waals surface area contributed by atoms with Gasteiger partial charge in [0.05, 0.1) is 5.69 Å². The van der Waals surface area contributed by atoms with Crippen LogP contribution in [0.25, 0.3) is 0 Å². The minimum absolute atomic E-state index is 0.000791. The summed E-state index contributed by atoms with van der Waals surface area (Å²) in [5, 5.41) is 0.618. The highest BCUT2D eigenvalue weighted by molar-refractivity contribution is 9.10. The average Bonchev–Trinajstić information content (AvgIpc) is 2.62. The number of halogens is 2. The third kappa shape index (κ3) is 3.80. The van der Waals surface area contributed by atoms with Gasteiger partial charge in [0.15, 0.2) is 5.78 Å². The number of ketones is 1. The minimum atomic E-state index is -0.212. The lowest BCUT2D eigenvalue weighted by Crippen LogP contribution is -2.43. The lowest BCUT2D eigenvalue weighted by atomic mass is 9.69. The molecule has 1 aliphatic heterocycles. The first-order valence-electron chi connectivity index (χ1n) is 9.77. The number of amides is 1. The first kappa shape index (κ1) is 20.4. The van der Waals surface area contributed by atoms with Gasteiger partial charge in [-0.25, -0.2) is 0 Å². The van der Waals surface area contributed by atoms with Gasteiger partial charge in [-0.2, -0.15) is 0 Å². The van der Waals surface area contributed by atoms with Crippen molar-refractivity contribution in [2.24, 2.45) is 5.41 Å². The molecule has 0 radical (unpaired) electrons. The van der Waals surface area contributed by atoms with E-state index in [1.807, 2.05) is 49.4 Å². The van der Waals surface area contributed by atoms with Crippen LogP contribution in [-0.2, 0) is 9.59 Å². The number of allylic oxidation sites excluding steroid dienone is 2. The Kier molecular flexibility index (Phi) is 5.20. The third-order valence-electron chi connectivity index (χ3n) is 5.81. The molecule has 0 spiro atoms. The number of Topliss-reactive ketones (excluding diaryl/α,β-unsaturated/α-hetero) is 1. The Labute approximate surface area is 184 Å². The Morgan fingerprint density at radius 3 is 2.55 bits per heavy atom. The zero-order chi connectivity index (χ0) is 20.9. The fourth-order valence-corrected chi connectivity index (χ4v) is 5.04. The highest BCUT2D eigenvalue weighted by Crippen LogP contribution is 2.48. The van der Waals surface area contributed by atoms with Gasteiger partial charge in [0.2, 0.25) is 5.91 Å². The Morgan fingerprint density at radius 1 is 1.10 bits per heavy atom. The third-order valence-corrected chi connectivity index (χ3v) is 6.71. The molecule has 0 saturated heterocycles. The molecule has 0 fully saturated rings. The zero-order valence-corrected chi connectivity index (χ0v) is 19.1. The summed E-state index contributed by atoms with van der Waals surface area (Å²) in [7, 11) is 0. The number of carbonyl (C=O) groups excluding carboxylic acids is 2. The number of hydrogen-bond donors (Lipinski definition) is 0. The van der Waals surface area contributed by atoms with Gasteiger partial charge >= 0.3 is 0 Å². The lowest BCUT2D eigenvalue weighted by molar-refractivity contribution is -0.121. The molecule has 1 amide bonds. The minimum Gasteiger partial charge on any atom is -0.294 e. The standard InChI is InChI=1S/C24H23BrClNO2/c1-14-7-8-17(10-19(14)26)27-20-12-24(2,3)13-21(28)23(20)18(11-22(27)29)15-5-4-6-16(25)9-15/h4-10,18H,11-13H2,1-3H3. The molecule has 1 heterocycles. The molecule has 1 aliphatic carbocycles. The predicted octanol–water partition coefficient (Wildman–Crippen LogP) is 6.57. The van der Waals surface area contributed by atoms with Crippen LogP contribution in [0, 0.1) is 12.3 Å². The molecule has 2 aromatic carbocycles. The van der Waals surface area contributed by atoms with E-state index in [-0.39, 0.29) is 29.4 Å². The van der Waals surface area contributed by atoms with Crippen molar-refractivity contribution in [3.63, 3.8) is 0 Å². The van der Waals surface area contributed by atoms with E-state index < -0.39 is 0 Å². The number of nitrogens with zero attached hydrogens (tertiary/aromatic N) is 1. The first-order chi connectivity index (χ1) is 13.7. The van der Waals surface area contributed by atoms with Crippen LogP contribution >= 0.6 is 27.5 Å². The Morgan fingerprint density at radius 2 is 1.86 bits per heavy atom. The summed E-state index contributed by atoms with van der Waals surface area (Å²) < 4.78 is 0.945. The van der Waals surface area contributed by atoms with Crippen molar-refractivity contribution in [2.75, 3.05) is 4.90 Å². The SMILES string of the molecule is Cc1ccc(N2C(=O)CC(c3cccc(Br)c3)C3=C2CC(C)(C)CC3=O)cc1Cl. The topological polar surface area (TPSA) is 37.4 Å². The predicted molar refractivity (Wildman–Crippen MR) is 120 cm³/mol. The van der Waals surface area contributed by atoms with E-state index in [0.717, 1.165) is 32.6 Å². The second kappa shape index (κ2) is 7.41. The summed E-state index contributed by atoms with van der Waals surface area (Å²) in [4.78, 5) is 28.4. The van der Waals surface area contributed by atoms with E-state index in [1.165, 1.54) is 0 Å². The normalized spacial score (nSPS) is 21.4. The fraction of sp³-hybridized carbons (Fsp3) is 0.333. The number of benzene rings is 2. The maximum Gasteiger partial charge on any atom is 0.232 e. The molecule has 3 nitrogen and oxygen atoms in total. The molecule has 1 atom stereocenters. The molecular formula is C24H23BrClNO2. The van der Waals surface area contributed by atoms with E-state index in [9.17, 15) is 9.59 Å². The van der Waals surface area contributed by atoms with Gasteiger partial charge in [0.25, 0.3) is 0 Å². The summed E-state index contributed by atoms with van der Waals surface area (Å²) in [5.74, 6) is -0.0770. The number of rotatable bonds is 2. The summed E-state index contributed by atoms with van der Waals surface area (Å²) in [6.07, 6.45) is 1.44. The van der Waals surface area contributed by atoms with Crippen molar-refractivity contribution in [2.45, 2.75) is 46.0 Å². The van der Waals surface area contributed by atoms with Crippen LogP contribution in [0.15, 0.2) is 58.2 Å². The van der Waals surface area contributed by atoms with E-state index in [0.29, 0.717) is 17.9 Å². The van der Waals surface area contributed by atoms with Crippen molar-refractivity contribution < 1.29 is 9.59 Å². The molecule has 0 saturated carbocycles. The van der Waals surface area contributed by atoms with Gasteiger partial charge in [0, 0.05) is 39.5 Å². The molecular weight excluding hydrogens is 450 g/mol. The van der Waals surface area contributed by atoms with Crippen LogP contribution in [0.1, 0.15) is 50.2 Å². The van der Waals surface area contributed by atoms with E-state index in [1.54, 1.807) is 4.90 Å². The molecule has 29 heavy (non-hydrogen) atoms. The number of carbonyl (C=O) groups is 2. The molecule has 0 N–H and O–H groups in total. The highest BCUT2D eigenvalue weighted by Gasteiger charge is 2.44. The number of aryl methyl sites for hydroxylation is 1. The van der Waals surface area contributed by atoms with Crippen LogP contribution < -0.4 is 4.90 Å². The fourth-order valence-electron chi connectivity index (χ4n) is 4.44. The van der Waals surface area contributed by atoms with Crippen LogP contribution in [0.4, 0.5) is 5.69 Å². The summed E-state index contributed by atoms with van der Waals surface area (Å²) in [6, 6.07) is 13.6. The molecule has 0 aromatic heterocycles. The lowest BCUT2D eigenvalue weighted by Gasteiger charge is -2.43. The van der Waals surface area contributed by atoms with E-state index in [2.05, 4.69) is 29.8 Å². The van der Waals surface area contributed by atoms with Crippen molar-refractivity contribution in [1.29, 1.82) is 0 Å². The smallest absolute Gasteiger partial charge is 0.232 e. The van der Waals surface area contributed by atoms with Crippen molar-refractivity contribution in [1.82, 2.24) is 0 Å². The molecule has 2 aliphatic rings. The van der Waals surface area contributed by atoms with Crippen molar-refractivity contribution in [3.8, 4) is 0 Å². The van der Waals surface area contributed by atoms with Crippen LogP contribution in [-0.4, -0.2) is 11.7 Å². The van der Waals surface area contributed by atoms with Crippen molar-refractivity contribution >= 4 is 44.9 Å². The van der Waals surface area contributed by atoms with E-state index in [4.69, 9.17) is 11.6 Å². The highest BCUT2D eigenvalue weighted by atomic mass is 79.9. The monoisotopic (exact) mass is 471 g/mol. The average molecular weight is 473 g/mol. The Balaban J connectivity index is 1.91. The van der Waals surface area contributed by atoms with Gasteiger partial charge in [-0.1, -0.05) is 59.6 Å². The van der Waals surface area contributed by atoms with Gasteiger partial charge in [-0.05, 0) is 54.2 Å². The summed E-state index contributed by atoms with van der Waals surface area (Å²) in [6.45, 7) is 6.11. The second-order valence-corrected chi connectivity index (χ2v) is 10.1. The van der Waals surface area contributed by atoms with Crippen LogP contribution in [0.2, 0.25) is 5.02 Å². The molecule has 4 rings (SSSR count). The van der Waals surface area contributed by atoms with Gasteiger partial charge in [0.1, 0.15) is 0 Å². The first-order valence-corrected chi connectivity index (χ1v) is 10.9. The largest absolute Gasteiger partial charge is 0.294 e. The second-order valence-electron chi connectivity index (χ2n) is 8.78. The molecule has 2 aromatic rings. The maximum absolute atomic E-state index is 13.4. The number of hydrogen-bond acceptors (Lipinski definition) is 2. The zero-order valence-electron chi connectivity index (χ0n) is 16.8. The Hall–Kier alpha value is -1.91. The van der Waals surface area contributed by atoms with E-state index >= 15 is 0 Å². The van der Waals surface area contributed by atoms with Gasteiger partial charge in [-0.15, -0.1) is 0 Å². The van der Waals surface area contributed by atoms with Crippen LogP contribution in [0.3, 0.4) is 0 Å². The molecule has 0 bridgehead atoms. The van der Waals surface area contributed by atoms with Gasteiger partial charge in [-0.3, -0.25) is 14.5 Å². The maximum atomic E-state index is 13.4. The van der Waals surface area contributed by atoms with Crippen molar-refractivity contribution in [3.05, 3.63) is 74.4 Å².